The van der Waals surface area contributed by atoms with Crippen LogP contribution in [0.15, 0.2) is 69.9 Å². The first kappa shape index (κ1) is 15.4. The highest BCUT2D eigenvalue weighted by Gasteiger charge is 2.18. The van der Waals surface area contributed by atoms with E-state index < -0.39 is 0 Å². The molecule has 2 aromatic carbocycles. The zero-order valence-electron chi connectivity index (χ0n) is 12.3. The summed E-state index contributed by atoms with van der Waals surface area (Å²) in [5.41, 5.74) is 0.839. The van der Waals surface area contributed by atoms with Gasteiger partial charge in [-0.25, -0.2) is 0 Å². The third kappa shape index (κ3) is 2.64. The van der Waals surface area contributed by atoms with Gasteiger partial charge in [-0.15, -0.1) is 0 Å². The van der Waals surface area contributed by atoms with Gasteiger partial charge < -0.3 is 0 Å². The number of ketones is 1. The molecule has 2 aromatic heterocycles. The van der Waals surface area contributed by atoms with E-state index in [2.05, 4.69) is 41.8 Å². The van der Waals surface area contributed by atoms with Crippen LogP contribution < -0.4 is 0 Å². The zero-order chi connectivity index (χ0) is 16.7. The molecule has 0 aliphatic rings. The highest BCUT2D eigenvalue weighted by Crippen LogP contribution is 2.26. The van der Waals surface area contributed by atoms with Crippen molar-refractivity contribution in [2.75, 3.05) is 0 Å². The molecular formula is C19H10Br2N2O. The number of carbonyl (C=O) groups is 1. The molecule has 24 heavy (non-hydrogen) atoms. The maximum Gasteiger partial charge on any atom is 0.230 e. The van der Waals surface area contributed by atoms with Crippen molar-refractivity contribution in [1.82, 2.24) is 9.97 Å². The molecule has 0 spiro atoms. The van der Waals surface area contributed by atoms with Crippen molar-refractivity contribution in [3.8, 4) is 0 Å². The van der Waals surface area contributed by atoms with Gasteiger partial charge in [0.2, 0.25) is 5.78 Å². The molecule has 4 rings (SSSR count). The number of aromatic nitrogens is 2. The summed E-state index contributed by atoms with van der Waals surface area (Å²) in [7, 11) is 0. The second kappa shape index (κ2) is 6.07. The summed E-state index contributed by atoms with van der Waals surface area (Å²) in [4.78, 5) is 21.7. The van der Waals surface area contributed by atoms with Gasteiger partial charge in [-0.2, -0.15) is 0 Å². The Bertz CT molecular complexity index is 1020. The minimum Gasteiger partial charge on any atom is -0.285 e. The summed E-state index contributed by atoms with van der Waals surface area (Å²) >= 11 is 6.91. The monoisotopic (exact) mass is 440 g/mol. The number of benzene rings is 2. The molecule has 2 heterocycles. The summed E-state index contributed by atoms with van der Waals surface area (Å²) in [6.07, 6.45) is 3.31. The van der Waals surface area contributed by atoms with Gasteiger partial charge in [-0.3, -0.25) is 14.8 Å². The number of fused-ring (bicyclic) bond motifs is 2. The molecule has 5 heteroatoms. The van der Waals surface area contributed by atoms with E-state index in [1.165, 1.54) is 0 Å². The number of nitrogens with zero attached hydrogens (tertiary/aromatic N) is 2. The van der Waals surface area contributed by atoms with Gasteiger partial charge in [0, 0.05) is 32.1 Å². The molecule has 0 saturated heterocycles. The molecule has 0 aliphatic heterocycles. The van der Waals surface area contributed by atoms with Crippen LogP contribution in [0, 0.1) is 0 Å². The van der Waals surface area contributed by atoms with Crippen LogP contribution in [0.3, 0.4) is 0 Å². The first-order valence-corrected chi connectivity index (χ1v) is 8.85. The van der Waals surface area contributed by atoms with Gasteiger partial charge in [0.25, 0.3) is 0 Å². The van der Waals surface area contributed by atoms with Crippen molar-refractivity contribution in [2.24, 2.45) is 0 Å². The second-order valence-corrected chi connectivity index (χ2v) is 7.21. The summed E-state index contributed by atoms with van der Waals surface area (Å²) < 4.78 is 1.93. The largest absolute Gasteiger partial charge is 0.285 e. The highest BCUT2D eigenvalue weighted by atomic mass is 79.9. The van der Waals surface area contributed by atoms with Crippen LogP contribution in [0.4, 0.5) is 0 Å². The Morgan fingerprint density at radius 1 is 0.708 bits per heavy atom. The molecule has 0 bridgehead atoms. The summed E-state index contributed by atoms with van der Waals surface area (Å²) in [5.74, 6) is -0.171. The van der Waals surface area contributed by atoms with E-state index in [1.807, 2.05) is 48.5 Å². The molecule has 0 saturated carbocycles. The molecule has 0 N–H and O–H groups in total. The smallest absolute Gasteiger partial charge is 0.230 e. The van der Waals surface area contributed by atoms with E-state index >= 15 is 0 Å². The first-order chi connectivity index (χ1) is 11.6. The predicted molar refractivity (Wildman–Crippen MR) is 102 cm³/mol. The lowest BCUT2D eigenvalue weighted by Crippen LogP contribution is -2.07. The Hall–Kier alpha value is -2.11. The number of hydrogen-bond donors (Lipinski definition) is 0. The van der Waals surface area contributed by atoms with Gasteiger partial charge >= 0.3 is 0 Å². The minimum absolute atomic E-state index is 0.171. The van der Waals surface area contributed by atoms with E-state index in [9.17, 15) is 4.79 Å². The number of pyridine rings is 2. The van der Waals surface area contributed by atoms with Crippen LogP contribution in [-0.4, -0.2) is 15.8 Å². The average Bonchev–Trinajstić information content (AvgIpc) is 2.59. The van der Waals surface area contributed by atoms with E-state index in [0.717, 1.165) is 30.5 Å². The number of halogens is 2. The molecule has 3 nitrogen and oxygen atoms in total. The van der Waals surface area contributed by atoms with Crippen LogP contribution in [0.25, 0.3) is 21.5 Å². The van der Waals surface area contributed by atoms with Crippen molar-refractivity contribution in [1.29, 1.82) is 0 Å². The minimum atomic E-state index is -0.171. The van der Waals surface area contributed by atoms with Crippen molar-refractivity contribution < 1.29 is 4.79 Å². The second-order valence-electron chi connectivity index (χ2n) is 5.38. The van der Waals surface area contributed by atoms with E-state index in [1.54, 1.807) is 12.4 Å². The Labute approximate surface area is 155 Å². The van der Waals surface area contributed by atoms with Crippen molar-refractivity contribution in [3.05, 3.63) is 81.3 Å². The van der Waals surface area contributed by atoms with Crippen LogP contribution in [0.5, 0.6) is 0 Å². The third-order valence-electron chi connectivity index (χ3n) is 3.88. The van der Waals surface area contributed by atoms with Crippen molar-refractivity contribution in [3.63, 3.8) is 0 Å². The van der Waals surface area contributed by atoms with Crippen molar-refractivity contribution in [2.45, 2.75) is 0 Å². The molecule has 0 radical (unpaired) electrons. The zero-order valence-corrected chi connectivity index (χ0v) is 15.5. The number of carbonyl (C=O) groups excluding carboxylic acids is 1. The van der Waals surface area contributed by atoms with Gasteiger partial charge in [-0.1, -0.05) is 44.0 Å². The van der Waals surface area contributed by atoms with Crippen molar-refractivity contribution >= 4 is 59.2 Å². The molecule has 0 fully saturated rings. The summed E-state index contributed by atoms with van der Waals surface area (Å²) in [6.45, 7) is 0. The lowest BCUT2D eigenvalue weighted by atomic mass is 10.0. The normalized spacial score (nSPS) is 11.1. The Morgan fingerprint density at radius 2 is 1.17 bits per heavy atom. The molecule has 0 aliphatic carbocycles. The first-order valence-electron chi connectivity index (χ1n) is 7.27. The molecular weight excluding hydrogens is 432 g/mol. The molecule has 0 amide bonds. The van der Waals surface area contributed by atoms with E-state index in [-0.39, 0.29) is 5.78 Å². The van der Waals surface area contributed by atoms with Crippen LogP contribution >= 0.6 is 31.9 Å². The number of hydrogen-bond acceptors (Lipinski definition) is 3. The topological polar surface area (TPSA) is 42.9 Å². The maximum absolute atomic E-state index is 13.1. The Morgan fingerprint density at radius 3 is 1.62 bits per heavy atom. The van der Waals surface area contributed by atoms with Gasteiger partial charge in [0.15, 0.2) is 0 Å². The Balaban J connectivity index is 1.94. The fraction of sp³-hybridized carbons (Fsp3) is 0. The van der Waals surface area contributed by atoms with Crippen LogP contribution in [0.1, 0.15) is 16.2 Å². The molecule has 4 aromatic rings. The Kier molecular flexibility index (Phi) is 3.90. The standard InChI is InChI=1S/C19H10Br2N2O/c20-13-1-3-15-11(9-13)5-7-22-17(15)19(24)18-16-4-2-14(21)10-12(16)6-8-23-18/h1-10H. The maximum atomic E-state index is 13.1. The average molecular weight is 442 g/mol. The highest BCUT2D eigenvalue weighted by molar-refractivity contribution is 9.10. The van der Waals surface area contributed by atoms with Crippen LogP contribution in [-0.2, 0) is 0 Å². The molecule has 116 valence electrons. The summed E-state index contributed by atoms with van der Waals surface area (Å²) in [5, 5.41) is 3.57. The van der Waals surface area contributed by atoms with Crippen LogP contribution in [0.2, 0.25) is 0 Å². The van der Waals surface area contributed by atoms with Gasteiger partial charge in [-0.05, 0) is 47.2 Å². The molecule has 0 atom stereocenters. The van der Waals surface area contributed by atoms with E-state index in [0.29, 0.717) is 11.4 Å². The fourth-order valence-electron chi connectivity index (χ4n) is 2.77. The third-order valence-corrected chi connectivity index (χ3v) is 4.87. The van der Waals surface area contributed by atoms with Gasteiger partial charge in [0.05, 0.1) is 0 Å². The lowest BCUT2D eigenvalue weighted by Gasteiger charge is -2.07. The SMILES string of the molecule is O=C(c1nccc2cc(Br)ccc12)c1nccc2cc(Br)ccc12. The molecule has 0 unspecified atom stereocenters. The predicted octanol–water partition coefficient (Wildman–Crippen LogP) is 5.54. The number of rotatable bonds is 2. The lowest BCUT2D eigenvalue weighted by molar-refractivity contribution is 0.103. The van der Waals surface area contributed by atoms with Gasteiger partial charge in [0.1, 0.15) is 11.4 Å². The fourth-order valence-corrected chi connectivity index (χ4v) is 3.53. The summed E-state index contributed by atoms with van der Waals surface area (Å²) in [6, 6.07) is 15.4. The van der Waals surface area contributed by atoms with E-state index in [4.69, 9.17) is 0 Å². The quantitative estimate of drug-likeness (QED) is 0.383.